The van der Waals surface area contributed by atoms with E-state index in [1.807, 2.05) is 24.3 Å². The van der Waals surface area contributed by atoms with Crippen LogP contribution in [-0.4, -0.2) is 64.3 Å². The summed E-state index contributed by atoms with van der Waals surface area (Å²) in [6.45, 7) is 4.06. The Morgan fingerprint density at radius 1 is 0.878 bits per heavy atom. The number of rotatable bonds is 5. The molecule has 0 atom stereocenters. The van der Waals surface area contributed by atoms with Crippen molar-refractivity contribution in [1.82, 2.24) is 25.1 Å². The summed E-state index contributed by atoms with van der Waals surface area (Å²) in [5.74, 6) is 0.688. The van der Waals surface area contributed by atoms with E-state index in [0.717, 1.165) is 60.6 Å². The second-order valence-corrected chi connectivity index (χ2v) is 9.98. The average molecular weight is 561 g/mol. The highest BCUT2D eigenvalue weighted by Crippen LogP contribution is 2.30. The number of aromatic nitrogens is 4. The van der Waals surface area contributed by atoms with Gasteiger partial charge in [-0.3, -0.25) is 5.10 Å². The number of amides is 2. The van der Waals surface area contributed by atoms with E-state index in [0.29, 0.717) is 17.2 Å². The van der Waals surface area contributed by atoms with E-state index < -0.39 is 17.8 Å². The number of likely N-dealkylation sites (N-methyl/N-ethyl adjacent to an activating group) is 1. The third kappa shape index (κ3) is 5.87. The fraction of sp³-hybridized carbons (Fsp3) is 0.207. The van der Waals surface area contributed by atoms with Gasteiger partial charge in [0.2, 0.25) is 0 Å². The van der Waals surface area contributed by atoms with Crippen LogP contribution in [0.15, 0.2) is 72.8 Å². The summed E-state index contributed by atoms with van der Waals surface area (Å²) in [5.41, 5.74) is 5.27. The Hall–Kier alpha value is -4.84. The third-order valence-corrected chi connectivity index (χ3v) is 7.08. The summed E-state index contributed by atoms with van der Waals surface area (Å²) in [6, 6.07) is 18.9. The molecule has 6 rings (SSSR count). The summed E-state index contributed by atoms with van der Waals surface area (Å²) in [7, 11) is 2.14. The number of benzene rings is 3. The van der Waals surface area contributed by atoms with Gasteiger partial charge in [-0.15, -0.1) is 0 Å². The molecule has 0 bridgehead atoms. The van der Waals surface area contributed by atoms with Gasteiger partial charge in [0.05, 0.1) is 22.3 Å². The van der Waals surface area contributed by atoms with Gasteiger partial charge in [0.15, 0.2) is 5.82 Å². The molecular formula is C29H27F3N8O. The zero-order valence-electron chi connectivity index (χ0n) is 22.1. The minimum absolute atomic E-state index is 0.248. The van der Waals surface area contributed by atoms with E-state index in [-0.39, 0.29) is 5.69 Å². The van der Waals surface area contributed by atoms with Crippen LogP contribution in [0.5, 0.6) is 0 Å². The van der Waals surface area contributed by atoms with E-state index in [4.69, 9.17) is 4.98 Å². The number of nitrogens with one attached hydrogen (secondary N) is 4. The van der Waals surface area contributed by atoms with Gasteiger partial charge in [0.25, 0.3) is 0 Å². The highest BCUT2D eigenvalue weighted by molar-refractivity contribution is 5.99. The minimum Gasteiger partial charge on any atom is -0.369 e. The highest BCUT2D eigenvalue weighted by Gasteiger charge is 2.30. The maximum Gasteiger partial charge on any atom is 0.416 e. The number of imidazole rings is 1. The molecule has 41 heavy (non-hydrogen) atoms. The van der Waals surface area contributed by atoms with Gasteiger partial charge in [-0.1, -0.05) is 12.1 Å². The van der Waals surface area contributed by atoms with Crippen LogP contribution in [0.4, 0.5) is 35.0 Å². The number of carbonyl (C=O) groups is 1. The number of alkyl halides is 3. The standard InChI is InChI=1S/C29H27F3N8O/c1-39-12-14-40(15-13-39)22-10-11-23-25(16-22)36-27(35-23)26-17-24(37-38-26)18-2-6-20(7-3-18)33-28(41)34-21-8-4-19(5-9-21)29(30,31)32/h2-11,16-17H,12-15H2,1H3,(H,35,36)(H,37,38)(H2,33,34,41). The predicted molar refractivity (Wildman–Crippen MR) is 153 cm³/mol. The minimum atomic E-state index is -4.43. The van der Waals surface area contributed by atoms with Crippen molar-refractivity contribution in [2.45, 2.75) is 6.18 Å². The van der Waals surface area contributed by atoms with Crippen LogP contribution in [0.2, 0.25) is 0 Å². The molecule has 5 aromatic rings. The van der Waals surface area contributed by atoms with Crippen LogP contribution in [0, 0.1) is 0 Å². The number of anilines is 3. The summed E-state index contributed by atoms with van der Waals surface area (Å²) < 4.78 is 38.2. The smallest absolute Gasteiger partial charge is 0.369 e. The SMILES string of the molecule is CN1CCN(c2ccc3nc(-c4cc(-c5ccc(NC(=O)Nc6ccc(C(F)(F)F)cc6)cc5)n[nH]4)[nH]c3c2)CC1. The maximum atomic E-state index is 12.7. The summed E-state index contributed by atoms with van der Waals surface area (Å²) in [4.78, 5) is 25.1. The van der Waals surface area contributed by atoms with E-state index in [1.54, 1.807) is 12.1 Å². The first-order valence-corrected chi connectivity index (χ1v) is 13.1. The van der Waals surface area contributed by atoms with Crippen molar-refractivity contribution in [2.75, 3.05) is 48.8 Å². The Labute approximate surface area is 233 Å². The molecule has 0 unspecified atom stereocenters. The third-order valence-electron chi connectivity index (χ3n) is 7.08. The van der Waals surface area contributed by atoms with Crippen molar-refractivity contribution in [3.05, 3.63) is 78.4 Å². The largest absolute Gasteiger partial charge is 0.416 e. The Morgan fingerprint density at radius 2 is 1.54 bits per heavy atom. The van der Waals surface area contributed by atoms with Crippen LogP contribution >= 0.6 is 0 Å². The lowest BCUT2D eigenvalue weighted by Gasteiger charge is -2.34. The van der Waals surface area contributed by atoms with Crippen molar-refractivity contribution < 1.29 is 18.0 Å². The first kappa shape index (κ1) is 26.4. The quantitative estimate of drug-likeness (QED) is 0.210. The van der Waals surface area contributed by atoms with Crippen molar-refractivity contribution in [1.29, 1.82) is 0 Å². The molecule has 4 N–H and O–H groups in total. The monoisotopic (exact) mass is 560 g/mol. The first-order valence-electron chi connectivity index (χ1n) is 13.1. The van der Waals surface area contributed by atoms with E-state index in [9.17, 15) is 18.0 Å². The van der Waals surface area contributed by atoms with Gasteiger partial charge in [0.1, 0.15) is 5.69 Å². The van der Waals surface area contributed by atoms with Gasteiger partial charge in [-0.25, -0.2) is 9.78 Å². The van der Waals surface area contributed by atoms with Crippen molar-refractivity contribution >= 4 is 34.1 Å². The topological polar surface area (TPSA) is 105 Å². The number of fused-ring (bicyclic) bond motifs is 1. The molecule has 0 radical (unpaired) electrons. The molecule has 3 aromatic carbocycles. The summed E-state index contributed by atoms with van der Waals surface area (Å²) >= 11 is 0. The van der Waals surface area contributed by atoms with E-state index in [2.05, 4.69) is 54.8 Å². The van der Waals surface area contributed by atoms with Crippen LogP contribution in [-0.2, 0) is 6.18 Å². The molecule has 9 nitrogen and oxygen atoms in total. The maximum absolute atomic E-state index is 12.7. The molecule has 0 spiro atoms. The number of nitrogens with zero attached hydrogens (tertiary/aromatic N) is 4. The molecule has 3 heterocycles. The number of halogens is 3. The first-order chi connectivity index (χ1) is 19.7. The lowest BCUT2D eigenvalue weighted by atomic mass is 10.1. The zero-order valence-corrected chi connectivity index (χ0v) is 22.1. The number of aromatic amines is 2. The van der Waals surface area contributed by atoms with Gasteiger partial charge in [0, 0.05) is 48.8 Å². The van der Waals surface area contributed by atoms with Crippen molar-refractivity contribution in [3.8, 4) is 22.8 Å². The fourth-order valence-corrected chi connectivity index (χ4v) is 4.74. The highest BCUT2D eigenvalue weighted by atomic mass is 19.4. The van der Waals surface area contributed by atoms with Gasteiger partial charge < -0.3 is 25.4 Å². The summed E-state index contributed by atoms with van der Waals surface area (Å²) in [6.07, 6.45) is -4.43. The Balaban J connectivity index is 1.10. The number of urea groups is 1. The van der Waals surface area contributed by atoms with Crippen LogP contribution in [0.1, 0.15) is 5.56 Å². The van der Waals surface area contributed by atoms with Crippen LogP contribution in [0.3, 0.4) is 0 Å². The molecule has 0 aliphatic carbocycles. The average Bonchev–Trinajstić information content (AvgIpc) is 3.61. The molecule has 1 aliphatic rings. The van der Waals surface area contributed by atoms with Crippen molar-refractivity contribution in [3.63, 3.8) is 0 Å². The molecule has 210 valence electrons. The summed E-state index contributed by atoms with van der Waals surface area (Å²) in [5, 5.41) is 12.7. The molecule has 1 saturated heterocycles. The molecular weight excluding hydrogens is 533 g/mol. The number of hydrogen-bond acceptors (Lipinski definition) is 5. The lowest BCUT2D eigenvalue weighted by Crippen LogP contribution is -2.44. The predicted octanol–water partition coefficient (Wildman–Crippen LogP) is 6.03. The molecule has 2 amide bonds. The lowest BCUT2D eigenvalue weighted by molar-refractivity contribution is -0.137. The molecule has 1 fully saturated rings. The fourth-order valence-electron chi connectivity index (χ4n) is 4.74. The molecule has 0 saturated carbocycles. The Bertz CT molecular complexity index is 1670. The van der Waals surface area contributed by atoms with Gasteiger partial charge in [-0.05, 0) is 67.7 Å². The van der Waals surface area contributed by atoms with Crippen LogP contribution in [0.25, 0.3) is 33.8 Å². The van der Waals surface area contributed by atoms with E-state index >= 15 is 0 Å². The number of H-pyrrole nitrogens is 2. The second-order valence-electron chi connectivity index (χ2n) is 9.98. The normalized spacial score (nSPS) is 14.4. The Morgan fingerprint density at radius 3 is 2.20 bits per heavy atom. The van der Waals surface area contributed by atoms with E-state index in [1.165, 1.54) is 17.8 Å². The number of hydrogen-bond donors (Lipinski definition) is 4. The van der Waals surface area contributed by atoms with Crippen LogP contribution < -0.4 is 15.5 Å². The Kier molecular flexibility index (Phi) is 6.83. The molecule has 1 aliphatic heterocycles. The molecule has 2 aromatic heterocycles. The van der Waals surface area contributed by atoms with Crippen molar-refractivity contribution in [2.24, 2.45) is 0 Å². The zero-order chi connectivity index (χ0) is 28.6. The van der Waals surface area contributed by atoms with Gasteiger partial charge >= 0.3 is 12.2 Å². The number of carbonyl (C=O) groups excluding carboxylic acids is 1. The molecule has 12 heteroatoms. The second kappa shape index (κ2) is 10.6. The van der Waals surface area contributed by atoms with Gasteiger partial charge in [-0.2, -0.15) is 18.3 Å². The number of piperazine rings is 1.